The van der Waals surface area contributed by atoms with Crippen LogP contribution < -0.4 is 0 Å². The molecule has 0 amide bonds. The van der Waals surface area contributed by atoms with Gasteiger partial charge >= 0.3 is 0 Å². The van der Waals surface area contributed by atoms with E-state index in [2.05, 4.69) is 6.92 Å². The number of hydrogen-bond donors (Lipinski definition) is 1. The molecular weight excluding hydrogens is 244 g/mol. The Hall–Kier alpha value is -0.160. The lowest BCUT2D eigenvalue weighted by Gasteiger charge is -2.31. The summed E-state index contributed by atoms with van der Waals surface area (Å²) in [6.45, 7) is 5.41. The molecule has 3 rings (SSSR count). The van der Waals surface area contributed by atoms with Crippen molar-refractivity contribution in [3.05, 3.63) is 0 Å². The van der Waals surface area contributed by atoms with Gasteiger partial charge in [0.2, 0.25) is 0 Å². The monoisotopic (exact) mass is 272 g/mol. The first kappa shape index (κ1) is 15.2. The van der Waals surface area contributed by atoms with Gasteiger partial charge in [0.05, 0.1) is 32.0 Å². The minimum atomic E-state index is -0.271. The maximum Gasteiger partial charge on any atom is 0.104 e. The van der Waals surface area contributed by atoms with Gasteiger partial charge in [0, 0.05) is 0 Å². The van der Waals surface area contributed by atoms with E-state index in [0.29, 0.717) is 12.2 Å². The molecule has 2 unspecified atom stereocenters. The van der Waals surface area contributed by atoms with Crippen LogP contribution in [0.2, 0.25) is 0 Å². The van der Waals surface area contributed by atoms with E-state index in [9.17, 15) is 5.11 Å². The van der Waals surface area contributed by atoms with E-state index >= 15 is 0 Å². The van der Waals surface area contributed by atoms with Crippen LogP contribution in [0.4, 0.5) is 0 Å². The van der Waals surface area contributed by atoms with Gasteiger partial charge in [-0.05, 0) is 19.3 Å². The third kappa shape index (κ3) is 6.70. The van der Waals surface area contributed by atoms with Crippen LogP contribution in [0, 0.1) is 0 Å². The normalized spacial score (nSPS) is 31.3. The third-order valence-electron chi connectivity index (χ3n) is 3.91. The number of epoxide rings is 2. The molecule has 0 bridgehead atoms. The Balaban J connectivity index is 0.000000141. The van der Waals surface area contributed by atoms with Gasteiger partial charge in [0.25, 0.3) is 0 Å². The maximum atomic E-state index is 9.87. The van der Waals surface area contributed by atoms with Crippen LogP contribution in [0.1, 0.15) is 51.9 Å². The van der Waals surface area contributed by atoms with Gasteiger partial charge in [-0.25, -0.2) is 0 Å². The van der Waals surface area contributed by atoms with Gasteiger partial charge in [0.1, 0.15) is 12.2 Å². The molecule has 0 aromatic rings. The second-order valence-electron chi connectivity index (χ2n) is 5.98. The molecule has 2 atom stereocenters. The SMILES string of the molecule is C(OCC1CO1)C1CO1.CCCC1(O)CCCCC1. The minimum Gasteiger partial charge on any atom is -0.390 e. The summed E-state index contributed by atoms with van der Waals surface area (Å²) in [4.78, 5) is 0. The lowest BCUT2D eigenvalue weighted by molar-refractivity contribution is -0.00427. The molecule has 3 aliphatic rings. The number of rotatable bonds is 6. The summed E-state index contributed by atoms with van der Waals surface area (Å²) in [6.07, 6.45) is 8.79. The van der Waals surface area contributed by atoms with E-state index in [4.69, 9.17) is 14.2 Å². The molecule has 0 aromatic heterocycles. The molecule has 2 aliphatic heterocycles. The highest BCUT2D eigenvalue weighted by atomic mass is 16.6. The molecule has 0 spiro atoms. The Morgan fingerprint density at radius 2 is 1.58 bits per heavy atom. The van der Waals surface area contributed by atoms with Gasteiger partial charge in [-0.1, -0.05) is 32.6 Å². The molecule has 0 radical (unpaired) electrons. The van der Waals surface area contributed by atoms with Crippen molar-refractivity contribution < 1.29 is 19.3 Å². The van der Waals surface area contributed by atoms with E-state index in [-0.39, 0.29) is 5.60 Å². The Morgan fingerprint density at radius 1 is 1.05 bits per heavy atom. The fourth-order valence-corrected chi connectivity index (χ4v) is 2.58. The standard InChI is InChI=1S/C9H18O.C6H10O3/c1-2-6-9(10)7-4-3-5-8-9;1(5-3-8-5)7-2-6-4-9-6/h10H,2-8H2,1H3;5-6H,1-4H2. The number of aliphatic hydroxyl groups is 1. The van der Waals surface area contributed by atoms with Crippen LogP contribution in [-0.2, 0) is 14.2 Å². The zero-order valence-electron chi connectivity index (χ0n) is 12.1. The topological polar surface area (TPSA) is 54.5 Å². The first-order valence-electron chi connectivity index (χ1n) is 7.75. The van der Waals surface area contributed by atoms with Crippen molar-refractivity contribution in [2.24, 2.45) is 0 Å². The summed E-state index contributed by atoms with van der Waals surface area (Å²) >= 11 is 0. The zero-order chi connectivity index (χ0) is 13.6. The van der Waals surface area contributed by atoms with Crippen LogP contribution in [0.15, 0.2) is 0 Å². The molecule has 1 saturated carbocycles. The third-order valence-corrected chi connectivity index (χ3v) is 3.91. The van der Waals surface area contributed by atoms with Gasteiger partial charge in [-0.15, -0.1) is 0 Å². The molecule has 4 heteroatoms. The van der Waals surface area contributed by atoms with Crippen molar-refractivity contribution in [3.63, 3.8) is 0 Å². The predicted molar refractivity (Wildman–Crippen MR) is 73.2 cm³/mol. The summed E-state index contributed by atoms with van der Waals surface area (Å²) in [5.41, 5.74) is -0.271. The van der Waals surface area contributed by atoms with Gasteiger partial charge in [0.15, 0.2) is 0 Å². The zero-order valence-corrected chi connectivity index (χ0v) is 12.1. The van der Waals surface area contributed by atoms with E-state index in [1.165, 1.54) is 19.3 Å². The van der Waals surface area contributed by atoms with Crippen LogP contribution >= 0.6 is 0 Å². The highest BCUT2D eigenvalue weighted by Crippen LogP contribution is 2.31. The van der Waals surface area contributed by atoms with Gasteiger partial charge in [-0.2, -0.15) is 0 Å². The van der Waals surface area contributed by atoms with Crippen LogP contribution in [0.5, 0.6) is 0 Å². The highest BCUT2D eigenvalue weighted by Gasteiger charge is 2.27. The predicted octanol–water partition coefficient (Wildman–Crippen LogP) is 2.28. The molecule has 3 fully saturated rings. The summed E-state index contributed by atoms with van der Waals surface area (Å²) in [6, 6.07) is 0. The second-order valence-corrected chi connectivity index (χ2v) is 5.98. The van der Waals surface area contributed by atoms with Crippen molar-refractivity contribution >= 4 is 0 Å². The Labute approximate surface area is 116 Å². The molecule has 1 N–H and O–H groups in total. The van der Waals surface area contributed by atoms with E-state index < -0.39 is 0 Å². The lowest BCUT2D eigenvalue weighted by atomic mass is 9.82. The average molecular weight is 272 g/mol. The van der Waals surface area contributed by atoms with Crippen molar-refractivity contribution in [1.82, 2.24) is 0 Å². The van der Waals surface area contributed by atoms with Crippen LogP contribution in [0.3, 0.4) is 0 Å². The second kappa shape index (κ2) is 7.58. The molecule has 2 saturated heterocycles. The fourth-order valence-electron chi connectivity index (χ4n) is 2.58. The van der Waals surface area contributed by atoms with Crippen molar-refractivity contribution in [1.29, 1.82) is 0 Å². The average Bonchev–Trinajstić information content (AvgIpc) is 3.26. The van der Waals surface area contributed by atoms with Crippen molar-refractivity contribution in [3.8, 4) is 0 Å². The Bertz CT molecular complexity index is 225. The first-order valence-corrected chi connectivity index (χ1v) is 7.75. The summed E-state index contributed by atoms with van der Waals surface area (Å²) in [7, 11) is 0. The molecule has 4 nitrogen and oxygen atoms in total. The molecule has 2 heterocycles. The van der Waals surface area contributed by atoms with E-state index in [0.717, 1.165) is 52.1 Å². The number of hydrogen-bond acceptors (Lipinski definition) is 4. The Kier molecular flexibility index (Phi) is 6.07. The molecule has 0 aromatic carbocycles. The highest BCUT2D eigenvalue weighted by molar-refractivity contribution is 4.81. The molecular formula is C15H28O4. The largest absolute Gasteiger partial charge is 0.390 e. The van der Waals surface area contributed by atoms with Crippen LogP contribution in [-0.4, -0.2) is 49.3 Å². The molecule has 1 aliphatic carbocycles. The van der Waals surface area contributed by atoms with Crippen LogP contribution in [0.25, 0.3) is 0 Å². The first-order chi connectivity index (χ1) is 9.22. The van der Waals surface area contributed by atoms with E-state index in [1.807, 2.05) is 0 Å². The molecule has 112 valence electrons. The lowest BCUT2D eigenvalue weighted by Crippen LogP contribution is -2.30. The number of ether oxygens (including phenoxy) is 3. The minimum absolute atomic E-state index is 0.271. The Morgan fingerprint density at radius 3 is 2.00 bits per heavy atom. The fraction of sp³-hybridized carbons (Fsp3) is 1.00. The quantitative estimate of drug-likeness (QED) is 0.754. The smallest absolute Gasteiger partial charge is 0.104 e. The summed E-state index contributed by atoms with van der Waals surface area (Å²) in [5.74, 6) is 0. The van der Waals surface area contributed by atoms with Crippen molar-refractivity contribution in [2.75, 3.05) is 26.4 Å². The summed E-state index contributed by atoms with van der Waals surface area (Å²) in [5, 5.41) is 9.87. The maximum absolute atomic E-state index is 9.87. The summed E-state index contributed by atoms with van der Waals surface area (Å²) < 4.78 is 15.1. The molecule has 19 heavy (non-hydrogen) atoms. The van der Waals surface area contributed by atoms with Crippen molar-refractivity contribution in [2.45, 2.75) is 69.7 Å². The van der Waals surface area contributed by atoms with Gasteiger partial charge in [-0.3, -0.25) is 0 Å². The van der Waals surface area contributed by atoms with Gasteiger partial charge < -0.3 is 19.3 Å². The van der Waals surface area contributed by atoms with E-state index in [1.54, 1.807) is 0 Å².